The highest BCUT2D eigenvalue weighted by atomic mass is 16.4. The zero-order valence-corrected chi connectivity index (χ0v) is 12.3. The third-order valence-corrected chi connectivity index (χ3v) is 2.98. The lowest BCUT2D eigenvalue weighted by Gasteiger charge is -2.16. The Labute approximate surface area is 126 Å². The lowest BCUT2D eigenvalue weighted by Crippen LogP contribution is -2.44. The molecule has 0 radical (unpaired) electrons. The molecule has 0 fully saturated rings. The summed E-state index contributed by atoms with van der Waals surface area (Å²) in [5.41, 5.74) is 1.08. The Morgan fingerprint density at radius 3 is 2.77 bits per heavy atom. The second-order valence-corrected chi connectivity index (χ2v) is 5.26. The molecule has 0 aromatic carbocycles. The standard InChI is InChI=1S/C13H18N6O3/c1-7(2)3-8(13(21)22)19-9(20)4-14-11-10-12(16-5-15-10)18-6-17-11/h5-8H,3-4H2,1-2H3,(H,19,20)(H,21,22)(H2,14,15,16,17,18)/t8-/m0/s1. The first-order valence-corrected chi connectivity index (χ1v) is 6.87. The molecule has 4 N–H and O–H groups in total. The van der Waals surface area contributed by atoms with Gasteiger partial charge in [0.05, 0.1) is 12.9 Å². The summed E-state index contributed by atoms with van der Waals surface area (Å²) in [4.78, 5) is 37.8. The number of hydrogen-bond donors (Lipinski definition) is 4. The van der Waals surface area contributed by atoms with Crippen molar-refractivity contribution in [1.82, 2.24) is 25.3 Å². The minimum absolute atomic E-state index is 0.0903. The quantitative estimate of drug-likeness (QED) is 0.581. The topological polar surface area (TPSA) is 133 Å². The van der Waals surface area contributed by atoms with Crippen LogP contribution in [0.15, 0.2) is 12.7 Å². The summed E-state index contributed by atoms with van der Waals surface area (Å²) in [6.07, 6.45) is 3.19. The van der Waals surface area contributed by atoms with E-state index in [9.17, 15) is 9.59 Å². The Balaban J connectivity index is 1.94. The van der Waals surface area contributed by atoms with Gasteiger partial charge in [0.1, 0.15) is 17.9 Å². The van der Waals surface area contributed by atoms with Crippen LogP contribution >= 0.6 is 0 Å². The number of nitrogens with one attached hydrogen (secondary N) is 3. The average molecular weight is 306 g/mol. The third kappa shape index (κ3) is 3.90. The highest BCUT2D eigenvalue weighted by Crippen LogP contribution is 2.13. The van der Waals surface area contributed by atoms with E-state index >= 15 is 0 Å². The summed E-state index contributed by atoms with van der Waals surface area (Å²) in [6, 6.07) is -0.896. The van der Waals surface area contributed by atoms with Crippen molar-refractivity contribution in [2.75, 3.05) is 11.9 Å². The first kappa shape index (κ1) is 15.7. The van der Waals surface area contributed by atoms with Crippen LogP contribution in [0.3, 0.4) is 0 Å². The molecule has 2 aromatic rings. The van der Waals surface area contributed by atoms with Gasteiger partial charge in [0.25, 0.3) is 0 Å². The molecule has 1 atom stereocenters. The van der Waals surface area contributed by atoms with E-state index < -0.39 is 17.9 Å². The Hall–Kier alpha value is -2.71. The summed E-state index contributed by atoms with van der Waals surface area (Å²) in [7, 11) is 0. The molecule has 9 nitrogen and oxygen atoms in total. The van der Waals surface area contributed by atoms with E-state index in [1.165, 1.54) is 12.7 Å². The van der Waals surface area contributed by atoms with E-state index in [2.05, 4.69) is 30.6 Å². The molecule has 2 heterocycles. The van der Waals surface area contributed by atoms with E-state index in [1.807, 2.05) is 13.8 Å². The first-order valence-electron chi connectivity index (χ1n) is 6.87. The van der Waals surface area contributed by atoms with Gasteiger partial charge in [0.15, 0.2) is 11.5 Å². The first-order chi connectivity index (χ1) is 10.5. The van der Waals surface area contributed by atoms with Crippen LogP contribution in [0.25, 0.3) is 11.2 Å². The number of imidazole rings is 1. The summed E-state index contributed by atoms with van der Waals surface area (Å²) in [6.45, 7) is 3.71. The van der Waals surface area contributed by atoms with Gasteiger partial charge >= 0.3 is 5.97 Å². The van der Waals surface area contributed by atoms with Crippen molar-refractivity contribution in [3.63, 3.8) is 0 Å². The van der Waals surface area contributed by atoms with Gasteiger partial charge in [0, 0.05) is 0 Å². The smallest absolute Gasteiger partial charge is 0.326 e. The van der Waals surface area contributed by atoms with Crippen LogP contribution in [0.4, 0.5) is 5.82 Å². The van der Waals surface area contributed by atoms with Crippen LogP contribution in [0, 0.1) is 5.92 Å². The number of anilines is 1. The Morgan fingerprint density at radius 2 is 2.09 bits per heavy atom. The molecule has 0 aliphatic carbocycles. The number of rotatable bonds is 7. The van der Waals surface area contributed by atoms with E-state index in [4.69, 9.17) is 5.11 Å². The molecule has 0 saturated heterocycles. The number of aromatic nitrogens is 4. The largest absolute Gasteiger partial charge is 0.480 e. The van der Waals surface area contributed by atoms with Crippen molar-refractivity contribution in [2.45, 2.75) is 26.3 Å². The predicted molar refractivity (Wildman–Crippen MR) is 79.2 cm³/mol. The molecule has 2 aromatic heterocycles. The monoisotopic (exact) mass is 306 g/mol. The van der Waals surface area contributed by atoms with Gasteiger partial charge in [-0.1, -0.05) is 13.8 Å². The zero-order chi connectivity index (χ0) is 16.1. The number of H-pyrrole nitrogens is 1. The lowest BCUT2D eigenvalue weighted by atomic mass is 10.0. The summed E-state index contributed by atoms with van der Waals surface area (Å²) in [5, 5.41) is 14.4. The van der Waals surface area contributed by atoms with Crippen molar-refractivity contribution in [2.24, 2.45) is 5.92 Å². The Bertz CT molecular complexity index is 669. The number of carboxylic acid groups (broad SMARTS) is 1. The molecular weight excluding hydrogens is 288 g/mol. The van der Waals surface area contributed by atoms with Gasteiger partial charge in [-0.2, -0.15) is 0 Å². The number of aliphatic carboxylic acids is 1. The average Bonchev–Trinajstić information content (AvgIpc) is 2.92. The van der Waals surface area contributed by atoms with Crippen molar-refractivity contribution in [3.8, 4) is 0 Å². The molecule has 0 aliphatic rings. The van der Waals surface area contributed by atoms with Crippen molar-refractivity contribution in [1.29, 1.82) is 0 Å². The highest BCUT2D eigenvalue weighted by molar-refractivity contribution is 5.88. The van der Waals surface area contributed by atoms with E-state index in [1.54, 1.807) is 0 Å². The number of fused-ring (bicyclic) bond motifs is 1. The van der Waals surface area contributed by atoms with Crippen LogP contribution in [-0.2, 0) is 9.59 Å². The van der Waals surface area contributed by atoms with Crippen LogP contribution in [0.5, 0.6) is 0 Å². The lowest BCUT2D eigenvalue weighted by molar-refractivity contribution is -0.142. The number of carbonyl (C=O) groups is 2. The summed E-state index contributed by atoms with van der Waals surface area (Å²) >= 11 is 0. The molecule has 0 spiro atoms. The van der Waals surface area contributed by atoms with Crippen LogP contribution in [0.1, 0.15) is 20.3 Å². The molecule has 22 heavy (non-hydrogen) atoms. The summed E-state index contributed by atoms with van der Waals surface area (Å²) < 4.78 is 0. The Kier molecular flexibility index (Phi) is 4.87. The third-order valence-electron chi connectivity index (χ3n) is 2.98. The number of hydrogen-bond acceptors (Lipinski definition) is 6. The fourth-order valence-corrected chi connectivity index (χ4v) is 2.00. The minimum Gasteiger partial charge on any atom is -0.480 e. The number of carboxylic acids is 1. The van der Waals surface area contributed by atoms with Gasteiger partial charge in [0.2, 0.25) is 5.91 Å². The van der Waals surface area contributed by atoms with E-state index in [0.717, 1.165) is 0 Å². The highest BCUT2D eigenvalue weighted by Gasteiger charge is 2.21. The summed E-state index contributed by atoms with van der Waals surface area (Å²) in [5.74, 6) is -0.853. The molecule has 9 heteroatoms. The molecule has 0 unspecified atom stereocenters. The fraction of sp³-hybridized carbons (Fsp3) is 0.462. The maximum absolute atomic E-state index is 11.9. The van der Waals surface area contributed by atoms with Gasteiger partial charge in [-0.25, -0.2) is 19.7 Å². The van der Waals surface area contributed by atoms with Crippen LogP contribution < -0.4 is 10.6 Å². The molecule has 1 amide bonds. The maximum Gasteiger partial charge on any atom is 0.326 e. The number of nitrogens with zero attached hydrogens (tertiary/aromatic N) is 3. The maximum atomic E-state index is 11.9. The van der Waals surface area contributed by atoms with E-state index in [-0.39, 0.29) is 12.5 Å². The van der Waals surface area contributed by atoms with Crippen molar-refractivity contribution in [3.05, 3.63) is 12.7 Å². The molecule has 2 rings (SSSR count). The van der Waals surface area contributed by atoms with Gasteiger partial charge in [-0.05, 0) is 12.3 Å². The zero-order valence-electron chi connectivity index (χ0n) is 12.3. The number of amides is 1. The number of carbonyl (C=O) groups excluding carboxylic acids is 1. The van der Waals surface area contributed by atoms with Crippen molar-refractivity contribution >= 4 is 28.9 Å². The normalized spacial score (nSPS) is 12.3. The minimum atomic E-state index is -1.04. The molecule has 0 bridgehead atoms. The molecule has 0 aliphatic heterocycles. The SMILES string of the molecule is CC(C)C[C@H](NC(=O)CNc1ncnc2nc[nH]c12)C(=O)O. The predicted octanol–water partition coefficient (Wildman–Crippen LogP) is 0.380. The molecule has 0 saturated carbocycles. The number of aromatic amines is 1. The van der Waals surface area contributed by atoms with Crippen LogP contribution in [-0.4, -0.2) is 49.5 Å². The van der Waals surface area contributed by atoms with Gasteiger partial charge in [-0.15, -0.1) is 0 Å². The van der Waals surface area contributed by atoms with Gasteiger partial charge in [-0.3, -0.25) is 4.79 Å². The van der Waals surface area contributed by atoms with E-state index in [0.29, 0.717) is 23.4 Å². The molecular formula is C13H18N6O3. The fourth-order valence-electron chi connectivity index (χ4n) is 2.00. The second-order valence-electron chi connectivity index (χ2n) is 5.26. The molecule has 118 valence electrons. The van der Waals surface area contributed by atoms with Crippen molar-refractivity contribution < 1.29 is 14.7 Å². The van der Waals surface area contributed by atoms with Crippen LogP contribution in [0.2, 0.25) is 0 Å². The Morgan fingerprint density at radius 1 is 1.32 bits per heavy atom. The second kappa shape index (κ2) is 6.83. The van der Waals surface area contributed by atoms with Gasteiger partial charge < -0.3 is 20.7 Å².